The Morgan fingerprint density at radius 1 is 1.07 bits per heavy atom. The first-order chi connectivity index (χ1) is 13.1. The lowest BCUT2D eigenvalue weighted by Crippen LogP contribution is -2.24. The lowest BCUT2D eigenvalue weighted by Gasteiger charge is -2.17. The summed E-state index contributed by atoms with van der Waals surface area (Å²) in [6.07, 6.45) is 3.28. The van der Waals surface area contributed by atoms with Gasteiger partial charge in [0, 0.05) is 6.08 Å². The minimum Gasteiger partial charge on any atom is -0.497 e. The molecular formula is C22H27NO4. The highest BCUT2D eigenvalue weighted by Gasteiger charge is 2.12. The smallest absolute Gasteiger partial charge is 0.244 e. The molecule has 0 saturated carbocycles. The molecule has 0 aromatic heterocycles. The summed E-state index contributed by atoms with van der Waals surface area (Å²) in [6.45, 7) is 6.91. The van der Waals surface area contributed by atoms with Gasteiger partial charge in [0.25, 0.3) is 0 Å². The van der Waals surface area contributed by atoms with Crippen molar-refractivity contribution < 1.29 is 19.0 Å². The molecule has 1 N–H and O–H groups in total. The standard InChI is InChI=1S/C22H27NO4/c1-5-26-20-12-11-18(15-21(20)27-6-2)16(3)23-22(24)13-10-17-8-7-9-19(14-17)25-4/h7-16H,5-6H2,1-4H3,(H,23,24)/b13-10+/t16-/m0/s1. The van der Waals surface area contributed by atoms with Crippen LogP contribution in [0.1, 0.15) is 37.9 Å². The van der Waals surface area contributed by atoms with E-state index in [0.29, 0.717) is 24.7 Å². The fourth-order valence-electron chi connectivity index (χ4n) is 2.60. The molecule has 0 radical (unpaired) electrons. The Bertz CT molecular complexity index is 786. The van der Waals surface area contributed by atoms with Gasteiger partial charge in [-0.25, -0.2) is 0 Å². The van der Waals surface area contributed by atoms with Crippen LogP contribution in [0.2, 0.25) is 0 Å². The SMILES string of the molecule is CCOc1ccc([C@H](C)NC(=O)/C=C/c2cccc(OC)c2)cc1OCC. The van der Waals surface area contributed by atoms with Crippen LogP contribution in [0.4, 0.5) is 0 Å². The maximum Gasteiger partial charge on any atom is 0.244 e. The molecule has 0 bridgehead atoms. The highest BCUT2D eigenvalue weighted by molar-refractivity contribution is 5.92. The van der Waals surface area contributed by atoms with Crippen LogP contribution in [0.15, 0.2) is 48.5 Å². The van der Waals surface area contributed by atoms with Gasteiger partial charge in [0.05, 0.1) is 26.4 Å². The van der Waals surface area contributed by atoms with Gasteiger partial charge in [-0.15, -0.1) is 0 Å². The van der Waals surface area contributed by atoms with Crippen molar-refractivity contribution in [2.75, 3.05) is 20.3 Å². The van der Waals surface area contributed by atoms with Crippen molar-refractivity contribution in [1.82, 2.24) is 5.32 Å². The normalized spacial score (nSPS) is 11.9. The zero-order valence-corrected chi connectivity index (χ0v) is 16.3. The molecule has 0 aliphatic heterocycles. The lowest BCUT2D eigenvalue weighted by molar-refractivity contribution is -0.117. The quantitative estimate of drug-likeness (QED) is 0.666. The molecular weight excluding hydrogens is 342 g/mol. The van der Waals surface area contributed by atoms with E-state index in [2.05, 4.69) is 5.32 Å². The van der Waals surface area contributed by atoms with Gasteiger partial charge in [-0.05, 0) is 62.2 Å². The van der Waals surface area contributed by atoms with Crippen molar-refractivity contribution in [3.8, 4) is 17.2 Å². The average molecular weight is 369 g/mol. The molecule has 2 aromatic carbocycles. The van der Waals surface area contributed by atoms with Gasteiger partial charge in [0.1, 0.15) is 5.75 Å². The predicted octanol–water partition coefficient (Wildman–Crippen LogP) is 4.38. The fraction of sp³-hybridized carbons (Fsp3) is 0.318. The van der Waals surface area contributed by atoms with Crippen molar-refractivity contribution in [2.24, 2.45) is 0 Å². The third-order valence-corrected chi connectivity index (χ3v) is 3.95. The molecule has 0 saturated heterocycles. The van der Waals surface area contributed by atoms with Gasteiger partial charge in [-0.3, -0.25) is 4.79 Å². The van der Waals surface area contributed by atoms with E-state index in [-0.39, 0.29) is 11.9 Å². The summed E-state index contributed by atoms with van der Waals surface area (Å²) in [5.74, 6) is 1.98. The van der Waals surface area contributed by atoms with Crippen LogP contribution in [-0.2, 0) is 4.79 Å². The van der Waals surface area contributed by atoms with E-state index in [1.54, 1.807) is 13.2 Å². The number of ether oxygens (including phenoxy) is 3. The van der Waals surface area contributed by atoms with Crippen LogP contribution in [0.5, 0.6) is 17.2 Å². The van der Waals surface area contributed by atoms with Crippen molar-refractivity contribution in [2.45, 2.75) is 26.8 Å². The number of carbonyl (C=O) groups excluding carboxylic acids is 1. The van der Waals surface area contributed by atoms with Gasteiger partial charge in [0.15, 0.2) is 11.5 Å². The number of benzene rings is 2. The minimum atomic E-state index is -0.169. The number of hydrogen-bond donors (Lipinski definition) is 1. The van der Waals surface area contributed by atoms with Gasteiger partial charge >= 0.3 is 0 Å². The third-order valence-electron chi connectivity index (χ3n) is 3.95. The highest BCUT2D eigenvalue weighted by atomic mass is 16.5. The van der Waals surface area contributed by atoms with Crippen LogP contribution >= 0.6 is 0 Å². The molecule has 0 unspecified atom stereocenters. The maximum absolute atomic E-state index is 12.2. The number of hydrogen-bond acceptors (Lipinski definition) is 4. The van der Waals surface area contributed by atoms with Gasteiger partial charge in [-0.2, -0.15) is 0 Å². The fourth-order valence-corrected chi connectivity index (χ4v) is 2.60. The summed E-state index contributed by atoms with van der Waals surface area (Å²) in [6, 6.07) is 13.1. The summed E-state index contributed by atoms with van der Waals surface area (Å²) >= 11 is 0. The van der Waals surface area contributed by atoms with Crippen LogP contribution in [0.25, 0.3) is 6.08 Å². The van der Waals surface area contributed by atoms with E-state index < -0.39 is 0 Å². The van der Waals surface area contributed by atoms with E-state index in [0.717, 1.165) is 16.9 Å². The molecule has 1 amide bonds. The van der Waals surface area contributed by atoms with Crippen molar-refractivity contribution in [1.29, 1.82) is 0 Å². The largest absolute Gasteiger partial charge is 0.497 e. The van der Waals surface area contributed by atoms with E-state index in [1.807, 2.05) is 63.2 Å². The second kappa shape index (κ2) is 10.3. The summed E-state index contributed by atoms with van der Waals surface area (Å²) in [5, 5.41) is 2.96. The van der Waals surface area contributed by atoms with E-state index in [1.165, 1.54) is 6.08 Å². The minimum absolute atomic E-state index is 0.164. The molecule has 0 aliphatic rings. The Balaban J connectivity index is 2.04. The molecule has 27 heavy (non-hydrogen) atoms. The zero-order valence-electron chi connectivity index (χ0n) is 16.3. The molecule has 5 nitrogen and oxygen atoms in total. The second-order valence-electron chi connectivity index (χ2n) is 5.91. The summed E-state index contributed by atoms with van der Waals surface area (Å²) in [5.41, 5.74) is 1.85. The van der Waals surface area contributed by atoms with Gasteiger partial charge < -0.3 is 19.5 Å². The number of carbonyl (C=O) groups is 1. The van der Waals surface area contributed by atoms with E-state index >= 15 is 0 Å². The molecule has 0 fully saturated rings. The van der Waals surface area contributed by atoms with Crippen molar-refractivity contribution in [3.05, 3.63) is 59.7 Å². The molecule has 0 heterocycles. The average Bonchev–Trinajstić information content (AvgIpc) is 2.68. The first-order valence-electron chi connectivity index (χ1n) is 9.09. The maximum atomic E-state index is 12.2. The lowest BCUT2D eigenvalue weighted by atomic mass is 10.1. The molecule has 2 aromatic rings. The van der Waals surface area contributed by atoms with E-state index in [9.17, 15) is 4.79 Å². The Hall–Kier alpha value is -2.95. The number of amides is 1. The van der Waals surface area contributed by atoms with Crippen LogP contribution in [0, 0.1) is 0 Å². The molecule has 5 heteroatoms. The molecule has 0 aliphatic carbocycles. The second-order valence-corrected chi connectivity index (χ2v) is 5.91. The van der Waals surface area contributed by atoms with Gasteiger partial charge in [0.2, 0.25) is 5.91 Å². The zero-order chi connectivity index (χ0) is 19.6. The number of methoxy groups -OCH3 is 1. The summed E-state index contributed by atoms with van der Waals surface area (Å²) < 4.78 is 16.4. The van der Waals surface area contributed by atoms with Crippen LogP contribution in [-0.4, -0.2) is 26.2 Å². The molecule has 1 atom stereocenters. The number of rotatable bonds is 9. The van der Waals surface area contributed by atoms with Crippen LogP contribution in [0.3, 0.4) is 0 Å². The Morgan fingerprint density at radius 2 is 1.81 bits per heavy atom. The molecule has 144 valence electrons. The Kier molecular flexibility index (Phi) is 7.74. The predicted molar refractivity (Wildman–Crippen MR) is 107 cm³/mol. The first kappa shape index (κ1) is 20.4. The summed E-state index contributed by atoms with van der Waals surface area (Å²) in [4.78, 5) is 12.2. The monoisotopic (exact) mass is 369 g/mol. The Morgan fingerprint density at radius 3 is 2.52 bits per heavy atom. The highest BCUT2D eigenvalue weighted by Crippen LogP contribution is 2.30. The van der Waals surface area contributed by atoms with Crippen LogP contribution < -0.4 is 19.5 Å². The van der Waals surface area contributed by atoms with Gasteiger partial charge in [-0.1, -0.05) is 18.2 Å². The molecule has 0 spiro atoms. The van der Waals surface area contributed by atoms with E-state index in [4.69, 9.17) is 14.2 Å². The summed E-state index contributed by atoms with van der Waals surface area (Å²) in [7, 11) is 1.62. The van der Waals surface area contributed by atoms with Crippen molar-refractivity contribution in [3.63, 3.8) is 0 Å². The van der Waals surface area contributed by atoms with Crippen molar-refractivity contribution >= 4 is 12.0 Å². The number of nitrogens with one attached hydrogen (secondary N) is 1. The molecule has 2 rings (SSSR count). The topological polar surface area (TPSA) is 56.8 Å². The first-order valence-corrected chi connectivity index (χ1v) is 9.09. The Labute approximate surface area is 161 Å². The third kappa shape index (κ3) is 6.06.